The van der Waals surface area contributed by atoms with E-state index in [0.717, 1.165) is 0 Å². The molecule has 0 spiro atoms. The Kier molecular flexibility index (Phi) is 4.18. The molecule has 0 atom stereocenters. The quantitative estimate of drug-likeness (QED) is 0.667. The van der Waals surface area contributed by atoms with Gasteiger partial charge in [0.15, 0.2) is 11.6 Å². The van der Waals surface area contributed by atoms with Crippen molar-refractivity contribution < 1.29 is 14.8 Å². The number of non-ortho nitro benzene ring substituents is 1. The smallest absolute Gasteiger partial charge is 0.273 e. The van der Waals surface area contributed by atoms with E-state index in [4.69, 9.17) is 4.74 Å². The molecule has 0 fully saturated rings. The molecule has 0 aliphatic heterocycles. The number of ether oxygens (including phenoxy) is 1. The fourth-order valence-electron chi connectivity index (χ4n) is 2.14. The number of nitrogens with zero attached hydrogens (tertiary/aromatic N) is 4. The average molecular weight is 292 g/mol. The Labute approximate surface area is 121 Å². The first-order valence-corrected chi connectivity index (χ1v) is 6.37. The second kappa shape index (κ2) is 5.88. The Morgan fingerprint density at radius 1 is 1.43 bits per heavy atom. The molecule has 1 N–H and O–H groups in total. The molecular formula is C13H16N4O4. The number of rotatable bonds is 5. The zero-order valence-corrected chi connectivity index (χ0v) is 12.0. The summed E-state index contributed by atoms with van der Waals surface area (Å²) in [6.07, 6.45) is 0. The lowest BCUT2D eigenvalue weighted by molar-refractivity contribution is -0.384. The summed E-state index contributed by atoms with van der Waals surface area (Å²) in [4.78, 5) is 10.3. The van der Waals surface area contributed by atoms with Crippen LogP contribution in [0.4, 0.5) is 5.69 Å². The molecule has 2 rings (SSSR count). The van der Waals surface area contributed by atoms with Gasteiger partial charge >= 0.3 is 0 Å². The van der Waals surface area contributed by atoms with E-state index in [1.54, 1.807) is 10.6 Å². The topological polar surface area (TPSA) is 103 Å². The maximum absolute atomic E-state index is 10.8. The summed E-state index contributed by atoms with van der Waals surface area (Å²) in [5, 5.41) is 28.2. The van der Waals surface area contributed by atoms with E-state index < -0.39 is 4.92 Å². The molecule has 0 aliphatic carbocycles. The summed E-state index contributed by atoms with van der Waals surface area (Å²) in [6, 6.07) is 4.32. The van der Waals surface area contributed by atoms with Gasteiger partial charge in [0.05, 0.1) is 23.7 Å². The molecule has 8 nitrogen and oxygen atoms in total. The van der Waals surface area contributed by atoms with Gasteiger partial charge in [0.25, 0.3) is 5.69 Å². The van der Waals surface area contributed by atoms with Gasteiger partial charge in [0.2, 0.25) is 0 Å². The lowest BCUT2D eigenvalue weighted by Gasteiger charge is -2.14. The predicted molar refractivity (Wildman–Crippen MR) is 75.0 cm³/mol. The van der Waals surface area contributed by atoms with E-state index in [1.165, 1.54) is 19.2 Å². The first-order chi connectivity index (χ1) is 9.99. The standard InChI is InChI=1S/C13H16N4O4/c1-8(2)16-12(7-18)14-15-13(16)10-5-4-9(17(19)20)6-11(10)21-3/h4-6,8,18H,7H2,1-3H3. The van der Waals surface area contributed by atoms with Gasteiger partial charge in [-0.2, -0.15) is 0 Å². The van der Waals surface area contributed by atoms with Crippen LogP contribution in [0.15, 0.2) is 18.2 Å². The molecule has 0 saturated carbocycles. The van der Waals surface area contributed by atoms with Crippen LogP contribution in [-0.4, -0.2) is 31.9 Å². The maximum atomic E-state index is 10.8. The fourth-order valence-corrected chi connectivity index (χ4v) is 2.14. The van der Waals surface area contributed by atoms with Gasteiger partial charge in [-0.15, -0.1) is 10.2 Å². The Morgan fingerprint density at radius 3 is 2.67 bits per heavy atom. The zero-order chi connectivity index (χ0) is 15.6. The molecule has 1 aromatic heterocycles. The molecule has 0 saturated heterocycles. The van der Waals surface area contributed by atoms with E-state index in [1.807, 2.05) is 13.8 Å². The summed E-state index contributed by atoms with van der Waals surface area (Å²) in [7, 11) is 1.44. The summed E-state index contributed by atoms with van der Waals surface area (Å²) < 4.78 is 6.99. The molecule has 2 aromatic rings. The maximum Gasteiger partial charge on any atom is 0.273 e. The number of hydrogen-bond donors (Lipinski definition) is 1. The second-order valence-corrected chi connectivity index (χ2v) is 4.70. The third-order valence-corrected chi connectivity index (χ3v) is 3.06. The van der Waals surface area contributed by atoms with E-state index in [-0.39, 0.29) is 18.3 Å². The third-order valence-electron chi connectivity index (χ3n) is 3.06. The molecule has 0 aliphatic rings. The van der Waals surface area contributed by atoms with Crippen LogP contribution in [0.1, 0.15) is 25.7 Å². The molecule has 1 heterocycles. The van der Waals surface area contributed by atoms with Gasteiger partial charge in [0.1, 0.15) is 12.4 Å². The van der Waals surface area contributed by atoms with Crippen molar-refractivity contribution in [2.24, 2.45) is 0 Å². The largest absolute Gasteiger partial charge is 0.496 e. The van der Waals surface area contributed by atoms with Crippen LogP contribution in [-0.2, 0) is 6.61 Å². The molecule has 0 amide bonds. The number of methoxy groups -OCH3 is 1. The summed E-state index contributed by atoms with van der Waals surface area (Å²) in [6.45, 7) is 3.63. The van der Waals surface area contributed by atoms with E-state index >= 15 is 0 Å². The van der Waals surface area contributed by atoms with E-state index in [2.05, 4.69) is 10.2 Å². The zero-order valence-electron chi connectivity index (χ0n) is 12.0. The lowest BCUT2D eigenvalue weighted by atomic mass is 10.1. The van der Waals surface area contributed by atoms with Crippen molar-refractivity contribution in [3.63, 3.8) is 0 Å². The molecule has 112 valence electrons. The number of aliphatic hydroxyl groups is 1. The Morgan fingerprint density at radius 2 is 2.14 bits per heavy atom. The number of aliphatic hydroxyl groups excluding tert-OH is 1. The molecule has 1 aromatic carbocycles. The van der Waals surface area contributed by atoms with Crippen molar-refractivity contribution in [3.8, 4) is 17.1 Å². The normalized spacial score (nSPS) is 10.9. The number of nitro benzene ring substituents is 1. The lowest BCUT2D eigenvalue weighted by Crippen LogP contribution is -2.08. The molecule has 0 radical (unpaired) electrons. The molecular weight excluding hydrogens is 276 g/mol. The van der Waals surface area contributed by atoms with Gasteiger partial charge in [-0.1, -0.05) is 0 Å². The number of benzene rings is 1. The van der Waals surface area contributed by atoms with Crippen molar-refractivity contribution in [2.45, 2.75) is 26.5 Å². The number of nitro groups is 1. The summed E-state index contributed by atoms with van der Waals surface area (Å²) in [5.41, 5.74) is 0.526. The second-order valence-electron chi connectivity index (χ2n) is 4.70. The van der Waals surface area contributed by atoms with Crippen LogP contribution < -0.4 is 4.74 Å². The van der Waals surface area contributed by atoms with Crippen LogP contribution in [0.25, 0.3) is 11.4 Å². The van der Waals surface area contributed by atoms with Gasteiger partial charge in [-0.3, -0.25) is 10.1 Å². The minimum atomic E-state index is -0.487. The third kappa shape index (κ3) is 2.70. The highest BCUT2D eigenvalue weighted by Gasteiger charge is 2.20. The highest BCUT2D eigenvalue weighted by molar-refractivity contribution is 5.67. The van der Waals surface area contributed by atoms with Crippen LogP contribution in [0.3, 0.4) is 0 Å². The minimum Gasteiger partial charge on any atom is -0.496 e. The first-order valence-electron chi connectivity index (χ1n) is 6.37. The van der Waals surface area contributed by atoms with Crippen LogP contribution >= 0.6 is 0 Å². The minimum absolute atomic E-state index is 0.0250. The van der Waals surface area contributed by atoms with Crippen LogP contribution in [0.5, 0.6) is 5.75 Å². The number of aromatic nitrogens is 3. The molecule has 8 heteroatoms. The van der Waals surface area contributed by atoms with Crippen molar-refractivity contribution in [1.82, 2.24) is 14.8 Å². The molecule has 21 heavy (non-hydrogen) atoms. The SMILES string of the molecule is COc1cc([N+](=O)[O-])ccc1-c1nnc(CO)n1C(C)C. The van der Waals surface area contributed by atoms with Gasteiger partial charge in [0, 0.05) is 12.1 Å². The first kappa shape index (κ1) is 14.9. The van der Waals surface area contributed by atoms with Crippen molar-refractivity contribution in [2.75, 3.05) is 7.11 Å². The average Bonchev–Trinajstić information content (AvgIpc) is 2.90. The van der Waals surface area contributed by atoms with E-state index in [9.17, 15) is 15.2 Å². The fraction of sp³-hybridized carbons (Fsp3) is 0.385. The Bertz CT molecular complexity index is 666. The summed E-state index contributed by atoms with van der Waals surface area (Å²) >= 11 is 0. The Balaban J connectivity index is 2.61. The van der Waals surface area contributed by atoms with Gasteiger partial charge < -0.3 is 14.4 Å². The van der Waals surface area contributed by atoms with Crippen molar-refractivity contribution in [1.29, 1.82) is 0 Å². The van der Waals surface area contributed by atoms with Gasteiger partial charge in [-0.05, 0) is 19.9 Å². The highest BCUT2D eigenvalue weighted by atomic mass is 16.6. The van der Waals surface area contributed by atoms with Gasteiger partial charge in [-0.25, -0.2) is 0 Å². The Hall–Kier alpha value is -2.48. The number of hydrogen-bond acceptors (Lipinski definition) is 6. The monoisotopic (exact) mass is 292 g/mol. The predicted octanol–water partition coefficient (Wildman–Crippen LogP) is 1.94. The highest BCUT2D eigenvalue weighted by Crippen LogP contribution is 2.33. The van der Waals surface area contributed by atoms with Crippen molar-refractivity contribution >= 4 is 5.69 Å². The van der Waals surface area contributed by atoms with Crippen LogP contribution in [0, 0.1) is 10.1 Å². The van der Waals surface area contributed by atoms with Crippen LogP contribution in [0.2, 0.25) is 0 Å². The molecule has 0 unspecified atom stereocenters. The van der Waals surface area contributed by atoms with E-state index in [0.29, 0.717) is 23.0 Å². The summed E-state index contributed by atoms with van der Waals surface area (Å²) in [5.74, 6) is 1.27. The van der Waals surface area contributed by atoms with Crippen molar-refractivity contribution in [3.05, 3.63) is 34.1 Å². The molecule has 0 bridgehead atoms.